The molecular weight excluding hydrogens is 334 g/mol. The van der Waals surface area contributed by atoms with Crippen LogP contribution in [-0.2, 0) is 24.2 Å². The van der Waals surface area contributed by atoms with E-state index in [4.69, 9.17) is 0 Å². The molecular formula is C18H19N5OS. The Labute approximate surface area is 149 Å². The molecule has 3 aromatic rings. The number of hydrogen-bond donors (Lipinski definition) is 1. The number of nitrogens with one attached hydrogen (secondary N) is 1. The number of aromatic nitrogens is 4. The standard InChI is InChI=1S/C18H19N5OS/c24-17(11-15-4-2-10-25-15)20-14-5-6-16-21-22-18(23(16)9-7-14)13-3-1-8-19-12-13/h1-4,8,10,12,14H,5-7,9,11H2,(H,20,24). The summed E-state index contributed by atoms with van der Waals surface area (Å²) >= 11 is 1.62. The lowest BCUT2D eigenvalue weighted by atomic mass is 10.1. The van der Waals surface area contributed by atoms with Crippen molar-refractivity contribution in [2.45, 2.75) is 38.3 Å². The molecule has 4 heterocycles. The molecule has 4 rings (SSSR count). The highest BCUT2D eigenvalue weighted by molar-refractivity contribution is 7.10. The highest BCUT2D eigenvalue weighted by Crippen LogP contribution is 2.22. The van der Waals surface area contributed by atoms with Gasteiger partial charge in [0.25, 0.3) is 0 Å². The van der Waals surface area contributed by atoms with Gasteiger partial charge in [0.05, 0.1) is 6.42 Å². The van der Waals surface area contributed by atoms with E-state index in [-0.39, 0.29) is 11.9 Å². The smallest absolute Gasteiger partial charge is 0.225 e. The van der Waals surface area contributed by atoms with Gasteiger partial charge in [0.1, 0.15) is 5.82 Å². The van der Waals surface area contributed by atoms with Crippen LogP contribution in [0.15, 0.2) is 42.0 Å². The Morgan fingerprint density at radius 2 is 2.24 bits per heavy atom. The van der Waals surface area contributed by atoms with Gasteiger partial charge < -0.3 is 9.88 Å². The number of fused-ring (bicyclic) bond motifs is 1. The summed E-state index contributed by atoms with van der Waals surface area (Å²) in [5.74, 6) is 1.93. The third-order valence-electron chi connectivity index (χ3n) is 4.44. The van der Waals surface area contributed by atoms with Gasteiger partial charge >= 0.3 is 0 Å². The number of thiophene rings is 1. The number of aryl methyl sites for hydroxylation is 1. The molecule has 1 aliphatic rings. The molecule has 0 spiro atoms. The molecule has 1 unspecified atom stereocenters. The number of rotatable bonds is 4. The van der Waals surface area contributed by atoms with Gasteiger partial charge in [-0.3, -0.25) is 9.78 Å². The van der Waals surface area contributed by atoms with Crippen molar-refractivity contribution < 1.29 is 4.79 Å². The molecule has 0 radical (unpaired) electrons. The summed E-state index contributed by atoms with van der Waals surface area (Å²) in [6, 6.07) is 8.05. The minimum atomic E-state index is 0.0950. The summed E-state index contributed by atoms with van der Waals surface area (Å²) < 4.78 is 2.16. The van der Waals surface area contributed by atoms with Gasteiger partial charge in [-0.1, -0.05) is 6.07 Å². The van der Waals surface area contributed by atoms with E-state index >= 15 is 0 Å². The Hall–Kier alpha value is -2.54. The van der Waals surface area contributed by atoms with Gasteiger partial charge in [-0.25, -0.2) is 0 Å². The van der Waals surface area contributed by atoms with Crippen LogP contribution in [0, 0.1) is 0 Å². The molecule has 128 valence electrons. The second-order valence-corrected chi connectivity index (χ2v) is 7.21. The molecule has 1 N–H and O–H groups in total. The van der Waals surface area contributed by atoms with Crippen LogP contribution in [0.1, 0.15) is 23.5 Å². The van der Waals surface area contributed by atoms with E-state index in [0.717, 1.165) is 47.9 Å². The monoisotopic (exact) mass is 353 g/mol. The summed E-state index contributed by atoms with van der Waals surface area (Å²) in [5, 5.41) is 13.8. The summed E-state index contributed by atoms with van der Waals surface area (Å²) in [7, 11) is 0. The zero-order valence-corrected chi connectivity index (χ0v) is 14.6. The molecule has 7 heteroatoms. The Bertz CT molecular complexity index is 844. The maximum Gasteiger partial charge on any atom is 0.225 e. The molecule has 0 bridgehead atoms. The first-order valence-electron chi connectivity index (χ1n) is 8.44. The minimum Gasteiger partial charge on any atom is -0.353 e. The summed E-state index contributed by atoms with van der Waals surface area (Å²) in [6.45, 7) is 0.802. The average Bonchev–Trinajstić information content (AvgIpc) is 3.23. The third-order valence-corrected chi connectivity index (χ3v) is 5.32. The predicted octanol–water partition coefficient (Wildman–Crippen LogP) is 2.47. The number of nitrogens with zero attached hydrogens (tertiary/aromatic N) is 4. The Morgan fingerprint density at radius 1 is 1.28 bits per heavy atom. The second-order valence-electron chi connectivity index (χ2n) is 6.18. The summed E-state index contributed by atoms with van der Waals surface area (Å²) in [6.07, 6.45) is 6.61. The number of carbonyl (C=O) groups is 1. The van der Waals surface area contributed by atoms with Crippen molar-refractivity contribution in [2.75, 3.05) is 0 Å². The normalized spacial score (nSPS) is 16.9. The Kier molecular flexibility index (Phi) is 4.56. The zero-order chi connectivity index (χ0) is 17.1. The highest BCUT2D eigenvalue weighted by atomic mass is 32.1. The van der Waals surface area contributed by atoms with Gasteiger partial charge in [-0.2, -0.15) is 0 Å². The minimum absolute atomic E-state index is 0.0950. The van der Waals surface area contributed by atoms with E-state index in [9.17, 15) is 4.79 Å². The zero-order valence-electron chi connectivity index (χ0n) is 13.8. The fourth-order valence-electron chi connectivity index (χ4n) is 3.19. The maximum absolute atomic E-state index is 12.2. The average molecular weight is 353 g/mol. The molecule has 1 amide bonds. The molecule has 0 saturated carbocycles. The van der Waals surface area contributed by atoms with Crippen LogP contribution >= 0.6 is 11.3 Å². The largest absolute Gasteiger partial charge is 0.353 e. The van der Waals surface area contributed by atoms with E-state index in [1.807, 2.05) is 35.8 Å². The lowest BCUT2D eigenvalue weighted by Crippen LogP contribution is -2.36. The van der Waals surface area contributed by atoms with Crippen LogP contribution in [0.2, 0.25) is 0 Å². The van der Waals surface area contributed by atoms with Crippen molar-refractivity contribution in [1.82, 2.24) is 25.1 Å². The van der Waals surface area contributed by atoms with Gasteiger partial charge in [0.2, 0.25) is 5.91 Å². The quantitative estimate of drug-likeness (QED) is 0.782. The fraction of sp³-hybridized carbons (Fsp3) is 0.333. The molecule has 3 aromatic heterocycles. The number of amides is 1. The van der Waals surface area contributed by atoms with Gasteiger partial charge in [-0.15, -0.1) is 21.5 Å². The molecule has 0 aromatic carbocycles. The summed E-state index contributed by atoms with van der Waals surface area (Å²) in [5.41, 5.74) is 0.974. The van der Waals surface area contributed by atoms with Gasteiger partial charge in [0, 0.05) is 41.8 Å². The van der Waals surface area contributed by atoms with Gasteiger partial charge in [0.15, 0.2) is 5.82 Å². The van der Waals surface area contributed by atoms with Crippen LogP contribution in [-0.4, -0.2) is 31.7 Å². The molecule has 0 saturated heterocycles. The van der Waals surface area contributed by atoms with Gasteiger partial charge in [-0.05, 0) is 36.4 Å². The van der Waals surface area contributed by atoms with Crippen molar-refractivity contribution in [3.63, 3.8) is 0 Å². The highest BCUT2D eigenvalue weighted by Gasteiger charge is 2.22. The lowest BCUT2D eigenvalue weighted by Gasteiger charge is -2.16. The maximum atomic E-state index is 12.2. The van der Waals surface area contributed by atoms with Crippen LogP contribution < -0.4 is 5.32 Å². The van der Waals surface area contributed by atoms with Crippen molar-refractivity contribution in [3.05, 3.63) is 52.7 Å². The number of hydrogen-bond acceptors (Lipinski definition) is 5. The first kappa shape index (κ1) is 16.0. The number of carbonyl (C=O) groups excluding carboxylic acids is 1. The summed E-state index contributed by atoms with van der Waals surface area (Å²) in [4.78, 5) is 17.5. The van der Waals surface area contributed by atoms with E-state index in [1.165, 1.54) is 0 Å². The lowest BCUT2D eigenvalue weighted by molar-refractivity contribution is -0.121. The second kappa shape index (κ2) is 7.14. The molecule has 1 atom stereocenters. The topological polar surface area (TPSA) is 72.7 Å². The van der Waals surface area contributed by atoms with Crippen molar-refractivity contribution in [1.29, 1.82) is 0 Å². The fourth-order valence-corrected chi connectivity index (χ4v) is 3.89. The van der Waals surface area contributed by atoms with E-state index in [0.29, 0.717) is 6.42 Å². The third kappa shape index (κ3) is 3.61. The molecule has 6 nitrogen and oxygen atoms in total. The van der Waals surface area contributed by atoms with Crippen LogP contribution in [0.3, 0.4) is 0 Å². The van der Waals surface area contributed by atoms with E-state index in [2.05, 4.69) is 25.1 Å². The molecule has 0 fully saturated rings. The SMILES string of the molecule is O=C(Cc1cccs1)NC1CCc2nnc(-c3cccnc3)n2CC1. The Morgan fingerprint density at radius 3 is 3.04 bits per heavy atom. The van der Waals surface area contributed by atoms with Crippen molar-refractivity contribution in [2.24, 2.45) is 0 Å². The van der Waals surface area contributed by atoms with Crippen LogP contribution in [0.25, 0.3) is 11.4 Å². The first-order valence-corrected chi connectivity index (χ1v) is 9.32. The van der Waals surface area contributed by atoms with Crippen molar-refractivity contribution in [3.8, 4) is 11.4 Å². The first-order chi connectivity index (χ1) is 12.3. The van der Waals surface area contributed by atoms with Crippen LogP contribution in [0.4, 0.5) is 0 Å². The van der Waals surface area contributed by atoms with E-state index in [1.54, 1.807) is 17.5 Å². The number of pyridine rings is 1. The predicted molar refractivity (Wildman–Crippen MR) is 96.1 cm³/mol. The molecule has 0 aliphatic carbocycles. The van der Waals surface area contributed by atoms with E-state index < -0.39 is 0 Å². The Balaban J connectivity index is 1.42. The van der Waals surface area contributed by atoms with Crippen LogP contribution in [0.5, 0.6) is 0 Å². The molecule has 25 heavy (non-hydrogen) atoms. The molecule has 1 aliphatic heterocycles. The van der Waals surface area contributed by atoms with Crippen molar-refractivity contribution >= 4 is 17.2 Å².